The lowest BCUT2D eigenvalue weighted by Gasteiger charge is -2.11. The average Bonchev–Trinajstić information content (AvgIpc) is 2.96. The zero-order chi connectivity index (χ0) is 21.6. The molecule has 0 aliphatic carbocycles. The zero-order valence-electron chi connectivity index (χ0n) is 15.1. The number of halogens is 6. The van der Waals surface area contributed by atoms with Crippen molar-refractivity contribution in [2.24, 2.45) is 0 Å². The van der Waals surface area contributed by atoms with Crippen LogP contribution in [0.3, 0.4) is 0 Å². The van der Waals surface area contributed by atoms with Crippen LogP contribution in [0.15, 0.2) is 42.7 Å². The minimum absolute atomic E-state index is 0.0206. The maximum absolute atomic E-state index is 13.8. The zero-order valence-corrected chi connectivity index (χ0v) is 15.1. The van der Waals surface area contributed by atoms with Gasteiger partial charge in [0.05, 0.1) is 29.0 Å². The van der Waals surface area contributed by atoms with Crippen molar-refractivity contribution >= 4 is 22.5 Å². The van der Waals surface area contributed by atoms with Gasteiger partial charge >= 0.3 is 6.18 Å². The lowest BCUT2D eigenvalue weighted by atomic mass is 10.2. The van der Waals surface area contributed by atoms with Gasteiger partial charge in [-0.25, -0.2) is 23.1 Å². The largest absolute Gasteiger partial charge is 0.419 e. The van der Waals surface area contributed by atoms with Gasteiger partial charge in [-0.1, -0.05) is 0 Å². The molecule has 1 N–H and O–H groups in total. The van der Waals surface area contributed by atoms with Crippen LogP contribution in [0.5, 0.6) is 0 Å². The maximum atomic E-state index is 13.8. The van der Waals surface area contributed by atoms with E-state index in [0.717, 1.165) is 18.2 Å². The first kappa shape index (κ1) is 19.7. The van der Waals surface area contributed by atoms with E-state index in [1.54, 1.807) is 6.92 Å². The number of imidazole rings is 1. The number of benzene rings is 2. The Labute approximate surface area is 165 Å². The molecule has 2 aromatic carbocycles. The third-order valence-corrected chi connectivity index (χ3v) is 4.26. The van der Waals surface area contributed by atoms with Crippen LogP contribution in [0, 0.1) is 24.4 Å². The fourth-order valence-corrected chi connectivity index (χ4v) is 2.98. The number of rotatable bonds is 3. The van der Waals surface area contributed by atoms with Gasteiger partial charge < -0.3 is 5.32 Å². The minimum Gasteiger partial charge on any atom is -0.339 e. The molecule has 0 fully saturated rings. The van der Waals surface area contributed by atoms with Crippen molar-refractivity contribution in [3.05, 3.63) is 71.6 Å². The molecule has 154 valence electrons. The predicted molar refractivity (Wildman–Crippen MR) is 96.0 cm³/mol. The molecule has 0 saturated carbocycles. The number of hydrogen-bond donors (Lipinski definition) is 1. The van der Waals surface area contributed by atoms with Crippen LogP contribution in [0.4, 0.5) is 37.8 Å². The summed E-state index contributed by atoms with van der Waals surface area (Å²) in [5.74, 6) is -2.88. The molecule has 0 atom stereocenters. The lowest BCUT2D eigenvalue weighted by molar-refractivity contribution is -0.139. The second-order valence-electron chi connectivity index (χ2n) is 6.33. The summed E-state index contributed by atoms with van der Waals surface area (Å²) in [5.41, 5.74) is -0.912. The van der Waals surface area contributed by atoms with Crippen molar-refractivity contribution in [3.8, 4) is 5.82 Å². The number of anilines is 2. The minimum atomic E-state index is -4.81. The Morgan fingerprint density at radius 1 is 0.900 bits per heavy atom. The van der Waals surface area contributed by atoms with Crippen LogP contribution in [-0.4, -0.2) is 19.5 Å². The molecule has 2 aromatic heterocycles. The molecule has 0 bridgehead atoms. The molecule has 11 heteroatoms. The second kappa shape index (κ2) is 7.01. The van der Waals surface area contributed by atoms with Crippen LogP contribution in [0.25, 0.3) is 16.9 Å². The fourth-order valence-electron chi connectivity index (χ4n) is 2.98. The van der Waals surface area contributed by atoms with E-state index in [1.165, 1.54) is 17.0 Å². The quantitative estimate of drug-likeness (QED) is 0.454. The maximum Gasteiger partial charge on any atom is 0.419 e. The van der Waals surface area contributed by atoms with Crippen LogP contribution >= 0.6 is 0 Å². The first-order valence-corrected chi connectivity index (χ1v) is 8.44. The van der Waals surface area contributed by atoms with Gasteiger partial charge in [0, 0.05) is 17.8 Å². The van der Waals surface area contributed by atoms with E-state index >= 15 is 0 Å². The van der Waals surface area contributed by atoms with Crippen LogP contribution in [0.1, 0.15) is 11.4 Å². The van der Waals surface area contributed by atoms with Crippen molar-refractivity contribution in [1.82, 2.24) is 19.5 Å². The summed E-state index contributed by atoms with van der Waals surface area (Å²) >= 11 is 0. The Hall–Kier alpha value is -3.63. The summed E-state index contributed by atoms with van der Waals surface area (Å²) < 4.78 is 80.5. The lowest BCUT2D eigenvalue weighted by Crippen LogP contribution is -2.08. The van der Waals surface area contributed by atoms with Gasteiger partial charge in [-0.15, -0.1) is 0 Å². The van der Waals surface area contributed by atoms with E-state index in [-0.39, 0.29) is 28.4 Å². The highest BCUT2D eigenvalue weighted by Crippen LogP contribution is 2.33. The van der Waals surface area contributed by atoms with Crippen molar-refractivity contribution in [1.29, 1.82) is 0 Å². The smallest absolute Gasteiger partial charge is 0.339 e. The van der Waals surface area contributed by atoms with E-state index in [2.05, 4.69) is 20.3 Å². The van der Waals surface area contributed by atoms with Crippen LogP contribution < -0.4 is 5.32 Å². The second-order valence-corrected chi connectivity index (χ2v) is 6.33. The van der Waals surface area contributed by atoms with Crippen molar-refractivity contribution in [2.75, 3.05) is 5.32 Å². The summed E-state index contributed by atoms with van der Waals surface area (Å²) in [5, 5.41) is 2.66. The topological polar surface area (TPSA) is 55.6 Å². The molecule has 0 radical (unpaired) electrons. The molecule has 30 heavy (non-hydrogen) atoms. The van der Waals surface area contributed by atoms with Crippen molar-refractivity contribution in [2.45, 2.75) is 13.1 Å². The molecule has 0 spiro atoms. The third-order valence-electron chi connectivity index (χ3n) is 4.26. The monoisotopic (exact) mass is 423 g/mol. The summed E-state index contributed by atoms with van der Waals surface area (Å²) in [6, 6.07) is 4.27. The van der Waals surface area contributed by atoms with Gasteiger partial charge in [0.15, 0.2) is 23.3 Å². The molecular weight excluding hydrogens is 412 g/mol. The number of hydrogen-bond acceptors (Lipinski definition) is 4. The van der Waals surface area contributed by atoms with Gasteiger partial charge in [0.25, 0.3) is 0 Å². The fraction of sp³-hybridized carbons (Fsp3) is 0.105. The summed E-state index contributed by atoms with van der Waals surface area (Å²) in [6.07, 6.45) is -2.20. The highest BCUT2D eigenvalue weighted by atomic mass is 19.4. The Bertz CT molecular complexity index is 1260. The summed E-state index contributed by atoms with van der Waals surface area (Å²) in [6.45, 7) is 1.60. The number of aryl methyl sites for hydroxylation is 1. The van der Waals surface area contributed by atoms with E-state index < -0.39 is 29.2 Å². The van der Waals surface area contributed by atoms with E-state index in [1.807, 2.05) is 0 Å². The number of fused-ring (bicyclic) bond motifs is 1. The van der Waals surface area contributed by atoms with Gasteiger partial charge in [-0.3, -0.25) is 9.55 Å². The number of nitrogens with zero attached hydrogens (tertiary/aromatic N) is 4. The third kappa shape index (κ3) is 3.53. The molecule has 0 saturated heterocycles. The SMILES string of the molecule is Cc1nc2cc(F)c(F)cc2n1-c1cncc(Nc2ccc(C(F)(F)F)c(F)c2)n1. The van der Waals surface area contributed by atoms with Gasteiger partial charge in [0.2, 0.25) is 0 Å². The van der Waals surface area contributed by atoms with Crippen molar-refractivity contribution in [3.63, 3.8) is 0 Å². The number of aromatic nitrogens is 4. The molecule has 5 nitrogen and oxygen atoms in total. The van der Waals surface area contributed by atoms with E-state index in [4.69, 9.17) is 0 Å². The van der Waals surface area contributed by atoms with Gasteiger partial charge in [-0.05, 0) is 25.1 Å². The summed E-state index contributed by atoms with van der Waals surface area (Å²) in [7, 11) is 0. The molecular formula is C19H11F6N5. The Morgan fingerprint density at radius 2 is 1.63 bits per heavy atom. The molecule has 0 amide bonds. The van der Waals surface area contributed by atoms with E-state index in [0.29, 0.717) is 18.0 Å². The molecule has 4 aromatic rings. The first-order valence-electron chi connectivity index (χ1n) is 8.44. The molecule has 2 heterocycles. The van der Waals surface area contributed by atoms with Gasteiger partial charge in [0.1, 0.15) is 11.6 Å². The first-order chi connectivity index (χ1) is 14.1. The Kier molecular flexibility index (Phi) is 4.60. The normalized spacial score (nSPS) is 11.8. The Balaban J connectivity index is 1.71. The molecule has 0 unspecified atom stereocenters. The number of alkyl halides is 3. The number of nitrogens with one attached hydrogen (secondary N) is 1. The highest BCUT2D eigenvalue weighted by molar-refractivity contribution is 5.78. The summed E-state index contributed by atoms with van der Waals surface area (Å²) in [4.78, 5) is 12.4. The van der Waals surface area contributed by atoms with E-state index in [9.17, 15) is 26.3 Å². The standard InChI is InChI=1S/C19H11F6N5/c1-9-27-15-5-13(21)14(22)6-16(15)30(9)18-8-26-7-17(29-18)28-10-2-3-11(12(20)4-10)19(23,24)25/h2-8H,1H3,(H,28,29). The van der Waals surface area contributed by atoms with Crippen LogP contribution in [0.2, 0.25) is 0 Å². The predicted octanol–water partition coefficient (Wildman–Crippen LogP) is 5.30. The van der Waals surface area contributed by atoms with Crippen molar-refractivity contribution < 1.29 is 26.3 Å². The average molecular weight is 423 g/mol. The molecule has 4 rings (SSSR count). The van der Waals surface area contributed by atoms with Gasteiger partial charge in [-0.2, -0.15) is 13.2 Å². The Morgan fingerprint density at radius 3 is 2.33 bits per heavy atom. The van der Waals surface area contributed by atoms with Crippen LogP contribution in [-0.2, 0) is 6.18 Å². The molecule has 0 aliphatic rings. The molecule has 0 aliphatic heterocycles. The highest BCUT2D eigenvalue weighted by Gasteiger charge is 2.33.